The van der Waals surface area contributed by atoms with Crippen LogP contribution in [0.1, 0.15) is 11.6 Å². The van der Waals surface area contributed by atoms with Crippen molar-refractivity contribution in [3.8, 4) is 0 Å². The van der Waals surface area contributed by atoms with Crippen LogP contribution < -0.4 is 10.8 Å². The average molecular weight is 248 g/mol. The molecule has 0 unspecified atom stereocenters. The van der Waals surface area contributed by atoms with Crippen molar-refractivity contribution in [2.75, 3.05) is 0 Å². The largest absolute Gasteiger partial charge is 0.544 e. The van der Waals surface area contributed by atoms with Crippen LogP contribution in [0.25, 0.3) is 0 Å². The van der Waals surface area contributed by atoms with Crippen LogP contribution in [0.5, 0.6) is 0 Å². The van der Waals surface area contributed by atoms with Gasteiger partial charge in [0, 0.05) is 4.47 Å². The van der Waals surface area contributed by atoms with Gasteiger partial charge in [-0.2, -0.15) is 0 Å². The highest BCUT2D eigenvalue weighted by Crippen LogP contribution is 2.18. The second-order valence-electron chi connectivity index (χ2n) is 2.54. The molecule has 13 heavy (non-hydrogen) atoms. The van der Waals surface area contributed by atoms with Crippen LogP contribution in [-0.2, 0) is 4.79 Å². The van der Waals surface area contributed by atoms with Crippen LogP contribution in [0, 0.1) is 5.82 Å². The SMILES string of the molecule is [NH3+][C@@H](C(=O)[O-])c1cc(Br)ccc1F. The summed E-state index contributed by atoms with van der Waals surface area (Å²) in [6.45, 7) is 0. The molecule has 0 heterocycles. The Morgan fingerprint density at radius 2 is 2.23 bits per heavy atom. The second-order valence-corrected chi connectivity index (χ2v) is 3.45. The third kappa shape index (κ3) is 2.26. The number of carboxylic acid groups (broad SMARTS) is 1. The summed E-state index contributed by atoms with van der Waals surface area (Å²) in [5.41, 5.74) is 3.31. The minimum absolute atomic E-state index is 0.0226. The standard InChI is InChI=1S/C8H7BrFNO2/c9-4-1-2-6(10)5(3-4)7(11)8(12)13/h1-3,7H,11H2,(H,12,13)/t7-/m1/s1. The molecule has 3 N–H and O–H groups in total. The molecule has 0 aliphatic carbocycles. The number of halogens is 2. The maximum absolute atomic E-state index is 13.0. The molecule has 70 valence electrons. The first-order valence-electron chi connectivity index (χ1n) is 3.51. The van der Waals surface area contributed by atoms with Gasteiger partial charge in [-0.25, -0.2) is 4.39 Å². The molecule has 0 saturated heterocycles. The number of quaternary nitrogens is 1. The smallest absolute Gasteiger partial charge is 0.153 e. The fourth-order valence-corrected chi connectivity index (χ4v) is 1.29. The molecule has 0 amide bonds. The molecule has 0 aliphatic heterocycles. The summed E-state index contributed by atoms with van der Waals surface area (Å²) in [5.74, 6) is -1.98. The molecule has 0 aromatic heterocycles. The highest BCUT2D eigenvalue weighted by atomic mass is 79.9. The molecule has 0 saturated carbocycles. The summed E-state index contributed by atoms with van der Waals surface area (Å²) in [7, 11) is 0. The summed E-state index contributed by atoms with van der Waals surface area (Å²) < 4.78 is 13.6. The molecule has 0 fully saturated rings. The Morgan fingerprint density at radius 3 is 2.77 bits per heavy atom. The molecule has 5 heteroatoms. The first kappa shape index (κ1) is 10.1. The maximum Gasteiger partial charge on any atom is 0.153 e. The van der Waals surface area contributed by atoms with Gasteiger partial charge in [-0.1, -0.05) is 15.9 Å². The zero-order valence-corrected chi connectivity index (χ0v) is 8.17. The van der Waals surface area contributed by atoms with E-state index in [0.717, 1.165) is 0 Å². The van der Waals surface area contributed by atoms with E-state index in [4.69, 9.17) is 0 Å². The summed E-state index contributed by atoms with van der Waals surface area (Å²) in [6.07, 6.45) is 0. The van der Waals surface area contributed by atoms with Crippen LogP contribution in [-0.4, -0.2) is 5.97 Å². The number of carboxylic acids is 1. The molecular weight excluding hydrogens is 241 g/mol. The Kier molecular flexibility index (Phi) is 3.00. The van der Waals surface area contributed by atoms with E-state index >= 15 is 0 Å². The summed E-state index contributed by atoms with van der Waals surface area (Å²) in [5, 5.41) is 10.4. The van der Waals surface area contributed by atoms with Crippen molar-refractivity contribution in [2.24, 2.45) is 0 Å². The van der Waals surface area contributed by atoms with Crippen LogP contribution in [0.3, 0.4) is 0 Å². The third-order valence-corrected chi connectivity index (χ3v) is 2.11. The Morgan fingerprint density at radius 1 is 1.62 bits per heavy atom. The lowest BCUT2D eigenvalue weighted by Crippen LogP contribution is -2.61. The van der Waals surface area contributed by atoms with Crippen LogP contribution in [0.15, 0.2) is 22.7 Å². The van der Waals surface area contributed by atoms with Gasteiger partial charge in [0.05, 0.1) is 5.56 Å². The first-order chi connectivity index (χ1) is 6.02. The van der Waals surface area contributed by atoms with Crippen molar-refractivity contribution < 1.29 is 20.0 Å². The lowest BCUT2D eigenvalue weighted by Gasteiger charge is -2.10. The van der Waals surface area contributed by atoms with Gasteiger partial charge in [0.25, 0.3) is 0 Å². The van der Waals surface area contributed by atoms with Crippen molar-refractivity contribution in [3.05, 3.63) is 34.1 Å². The molecule has 1 aromatic rings. The van der Waals surface area contributed by atoms with Gasteiger partial charge in [-0.15, -0.1) is 0 Å². The summed E-state index contributed by atoms with van der Waals surface area (Å²) in [6, 6.07) is 2.86. The van der Waals surface area contributed by atoms with Gasteiger partial charge in [0.2, 0.25) is 0 Å². The third-order valence-electron chi connectivity index (χ3n) is 1.62. The minimum atomic E-state index is -1.39. The predicted molar refractivity (Wildman–Crippen MR) is 44.7 cm³/mol. The highest BCUT2D eigenvalue weighted by Gasteiger charge is 2.15. The van der Waals surface area contributed by atoms with E-state index in [1.807, 2.05) is 0 Å². The van der Waals surface area contributed by atoms with Gasteiger partial charge in [-0.3, -0.25) is 0 Å². The van der Waals surface area contributed by atoms with Crippen molar-refractivity contribution >= 4 is 21.9 Å². The van der Waals surface area contributed by atoms with Gasteiger partial charge in [0.15, 0.2) is 6.04 Å². The van der Waals surface area contributed by atoms with E-state index in [1.165, 1.54) is 18.2 Å². The predicted octanol–water partition coefficient (Wildman–Crippen LogP) is -0.379. The van der Waals surface area contributed by atoms with Crippen LogP contribution >= 0.6 is 15.9 Å². The Balaban J connectivity index is 3.12. The lowest BCUT2D eigenvalue weighted by molar-refractivity contribution is -0.443. The number of hydrogen-bond donors (Lipinski definition) is 1. The number of carbonyl (C=O) groups is 1. The Hall–Kier alpha value is -0.940. The normalized spacial score (nSPS) is 12.5. The number of hydrogen-bond acceptors (Lipinski definition) is 2. The van der Waals surface area contributed by atoms with E-state index in [1.54, 1.807) is 0 Å². The number of aliphatic carboxylic acids is 1. The van der Waals surface area contributed by atoms with E-state index in [0.29, 0.717) is 4.47 Å². The maximum atomic E-state index is 13.0. The monoisotopic (exact) mass is 247 g/mol. The molecule has 0 aliphatic rings. The number of benzene rings is 1. The lowest BCUT2D eigenvalue weighted by atomic mass is 10.1. The van der Waals surface area contributed by atoms with Gasteiger partial charge < -0.3 is 15.6 Å². The molecule has 1 rings (SSSR count). The molecule has 0 bridgehead atoms. The summed E-state index contributed by atoms with van der Waals surface area (Å²) >= 11 is 3.11. The number of rotatable bonds is 2. The fraction of sp³-hybridized carbons (Fsp3) is 0.125. The Labute approximate surface area is 82.5 Å². The van der Waals surface area contributed by atoms with E-state index in [9.17, 15) is 14.3 Å². The van der Waals surface area contributed by atoms with Crippen molar-refractivity contribution in [3.63, 3.8) is 0 Å². The number of carbonyl (C=O) groups excluding carboxylic acids is 1. The van der Waals surface area contributed by atoms with Gasteiger partial charge >= 0.3 is 0 Å². The zero-order chi connectivity index (χ0) is 10.0. The molecule has 1 atom stereocenters. The average Bonchev–Trinajstić information content (AvgIpc) is 2.08. The van der Waals surface area contributed by atoms with E-state index in [-0.39, 0.29) is 5.56 Å². The van der Waals surface area contributed by atoms with Crippen LogP contribution in [0.2, 0.25) is 0 Å². The minimum Gasteiger partial charge on any atom is -0.544 e. The zero-order valence-electron chi connectivity index (χ0n) is 6.59. The quantitative estimate of drug-likeness (QED) is 0.775. The Bertz CT molecular complexity index is 343. The van der Waals surface area contributed by atoms with Crippen molar-refractivity contribution in [1.29, 1.82) is 0 Å². The molecule has 0 radical (unpaired) electrons. The summed E-state index contributed by atoms with van der Waals surface area (Å²) in [4.78, 5) is 10.4. The van der Waals surface area contributed by atoms with Crippen LogP contribution in [0.4, 0.5) is 4.39 Å². The second kappa shape index (κ2) is 3.85. The molecule has 0 spiro atoms. The van der Waals surface area contributed by atoms with Crippen molar-refractivity contribution in [2.45, 2.75) is 6.04 Å². The molecule has 3 nitrogen and oxygen atoms in total. The highest BCUT2D eigenvalue weighted by molar-refractivity contribution is 9.10. The van der Waals surface area contributed by atoms with E-state index in [2.05, 4.69) is 21.7 Å². The fourth-order valence-electron chi connectivity index (χ4n) is 0.909. The van der Waals surface area contributed by atoms with E-state index < -0.39 is 17.8 Å². The topological polar surface area (TPSA) is 67.8 Å². The van der Waals surface area contributed by atoms with Crippen molar-refractivity contribution in [1.82, 2.24) is 0 Å². The first-order valence-corrected chi connectivity index (χ1v) is 4.30. The molecular formula is C8H7BrFNO2. The van der Waals surface area contributed by atoms with Gasteiger partial charge in [0.1, 0.15) is 11.8 Å². The van der Waals surface area contributed by atoms with Gasteiger partial charge in [-0.05, 0) is 18.2 Å². The molecule has 1 aromatic carbocycles.